The number of rotatable bonds is 10. The summed E-state index contributed by atoms with van der Waals surface area (Å²) in [4.78, 5) is 19.1. The van der Waals surface area contributed by atoms with Crippen LogP contribution in [0, 0.1) is 0 Å². The number of hydrogen-bond acceptors (Lipinski definition) is 10. The number of aliphatic hydroxyl groups is 1. The van der Waals surface area contributed by atoms with Crippen LogP contribution in [-0.2, 0) is 19.5 Å². The monoisotopic (exact) mass is 705 g/mol. The third kappa shape index (κ3) is 6.80. The van der Waals surface area contributed by atoms with Crippen LogP contribution in [0.3, 0.4) is 0 Å². The molecular formula is C29H30F7N7O4S. The maximum absolute atomic E-state index is 15.4. The molecule has 5 heterocycles. The number of ether oxygens (including phenoxy) is 1. The first-order valence-electron chi connectivity index (χ1n) is 14.8. The lowest BCUT2D eigenvalue weighted by atomic mass is 9.95. The van der Waals surface area contributed by atoms with Crippen LogP contribution in [0.4, 0.5) is 36.4 Å². The lowest BCUT2D eigenvalue weighted by molar-refractivity contribution is -0.208. The minimum Gasteiger partial charge on any atom is -0.479 e. The van der Waals surface area contributed by atoms with E-state index < -0.39 is 56.1 Å². The molecule has 0 radical (unpaired) electrons. The van der Waals surface area contributed by atoms with Crippen LogP contribution in [0.1, 0.15) is 41.1 Å². The van der Waals surface area contributed by atoms with Gasteiger partial charge >= 0.3 is 12.4 Å². The van der Waals surface area contributed by atoms with E-state index in [2.05, 4.69) is 30.8 Å². The molecule has 2 bridgehead atoms. The van der Waals surface area contributed by atoms with E-state index in [0.717, 1.165) is 37.5 Å². The van der Waals surface area contributed by atoms with Gasteiger partial charge in [0.1, 0.15) is 11.7 Å². The SMILES string of the molecule is COc1nn(C[C@H](O)C(F)(F)F)cc1C(=O)NCc1nc(-c2sc3c(N[C@@H]4C[C@H]5CC[C@@H]([C@@H]4F)N5C)cccc3c2CC(F)(F)F)no1. The number of amides is 1. The summed E-state index contributed by atoms with van der Waals surface area (Å²) in [5, 5.41) is 22.9. The highest BCUT2D eigenvalue weighted by molar-refractivity contribution is 7.23. The first kappa shape index (κ1) is 33.9. The molecule has 5 atom stereocenters. The first-order valence-corrected chi connectivity index (χ1v) is 15.7. The molecule has 4 aromatic rings. The van der Waals surface area contributed by atoms with Gasteiger partial charge < -0.3 is 25.0 Å². The number of benzene rings is 1. The summed E-state index contributed by atoms with van der Waals surface area (Å²) in [5.74, 6) is -1.49. The number of alkyl halides is 7. The fourth-order valence-corrected chi connectivity index (χ4v) is 7.56. The molecule has 11 nitrogen and oxygen atoms in total. The highest BCUT2D eigenvalue weighted by Crippen LogP contribution is 2.45. The second kappa shape index (κ2) is 12.8. The van der Waals surface area contributed by atoms with Crippen molar-refractivity contribution in [1.82, 2.24) is 30.1 Å². The van der Waals surface area contributed by atoms with Gasteiger partial charge in [0.25, 0.3) is 5.91 Å². The van der Waals surface area contributed by atoms with Gasteiger partial charge in [0, 0.05) is 18.3 Å². The number of aromatic nitrogens is 4. The number of fused-ring (bicyclic) bond motifs is 3. The standard InChI is InChI=1S/C29H30F7N7O4S/c1-42-13-6-7-19(42)22(30)18(8-13)38-17-5-3-4-14-15(9-28(31,32)33)24(48-23(14)17)25-39-21(47-41-25)10-37-26(45)16-11-43(40-27(16)46-2)12-20(44)29(34,35)36/h3-5,11,13,18-20,22,38,44H,6-10,12H2,1-2H3,(H,37,45)/t13-,18-,19+,20+,22-/m1/s1. The third-order valence-electron chi connectivity index (χ3n) is 8.68. The average Bonchev–Trinajstić information content (AvgIpc) is 3.78. The molecule has 3 N–H and O–H groups in total. The van der Waals surface area contributed by atoms with E-state index in [1.54, 1.807) is 18.2 Å². The van der Waals surface area contributed by atoms with Crippen LogP contribution in [-0.4, -0.2) is 92.7 Å². The van der Waals surface area contributed by atoms with E-state index in [4.69, 9.17) is 9.26 Å². The van der Waals surface area contributed by atoms with E-state index in [1.807, 2.05) is 7.05 Å². The number of carbonyl (C=O) groups excluding carboxylic acids is 1. The van der Waals surface area contributed by atoms with Gasteiger partial charge in [-0.25, -0.2) is 4.39 Å². The number of carbonyl (C=O) groups is 1. The molecule has 0 aliphatic carbocycles. The average molecular weight is 706 g/mol. The summed E-state index contributed by atoms with van der Waals surface area (Å²) in [5.41, 5.74) is 0.162. The molecule has 2 fully saturated rings. The Balaban J connectivity index is 1.22. The zero-order valence-electron chi connectivity index (χ0n) is 25.4. The third-order valence-corrected chi connectivity index (χ3v) is 9.96. The normalized spacial score (nSPS) is 22.3. The highest BCUT2D eigenvalue weighted by atomic mass is 32.1. The lowest BCUT2D eigenvalue weighted by Gasteiger charge is -2.39. The van der Waals surface area contributed by atoms with Gasteiger partial charge in [0.05, 0.1) is 47.9 Å². The summed E-state index contributed by atoms with van der Waals surface area (Å²) in [6.07, 6.45) is -11.5. The van der Waals surface area contributed by atoms with Gasteiger partial charge in [0.2, 0.25) is 17.6 Å². The second-order valence-corrected chi connectivity index (χ2v) is 12.8. The Hall–Kier alpha value is -3.97. The van der Waals surface area contributed by atoms with Crippen LogP contribution in [0.2, 0.25) is 0 Å². The van der Waals surface area contributed by atoms with E-state index in [1.165, 1.54) is 0 Å². The summed E-state index contributed by atoms with van der Waals surface area (Å²) in [6.45, 7) is -1.38. The number of methoxy groups -OCH3 is 1. The van der Waals surface area contributed by atoms with Crippen molar-refractivity contribution < 1.29 is 49.9 Å². The van der Waals surface area contributed by atoms with Gasteiger partial charge in [0.15, 0.2) is 6.10 Å². The molecule has 2 saturated heterocycles. The van der Waals surface area contributed by atoms with E-state index in [0.29, 0.717) is 26.9 Å². The minimum atomic E-state index is -4.91. The molecule has 260 valence electrons. The Morgan fingerprint density at radius 3 is 2.71 bits per heavy atom. The van der Waals surface area contributed by atoms with Gasteiger partial charge in [-0.1, -0.05) is 17.3 Å². The number of hydrogen-bond donors (Lipinski definition) is 3. The van der Waals surface area contributed by atoms with Crippen molar-refractivity contribution in [2.24, 2.45) is 0 Å². The minimum absolute atomic E-state index is 0.0824. The second-order valence-electron chi connectivity index (χ2n) is 11.8. The largest absolute Gasteiger partial charge is 0.479 e. The predicted octanol–water partition coefficient (Wildman–Crippen LogP) is 5.10. The summed E-state index contributed by atoms with van der Waals surface area (Å²) in [7, 11) is 3.05. The quantitative estimate of drug-likeness (QED) is 0.193. The Kier molecular flexibility index (Phi) is 9.05. The topological polar surface area (TPSA) is 131 Å². The number of anilines is 1. The zero-order valence-corrected chi connectivity index (χ0v) is 26.2. The smallest absolute Gasteiger partial charge is 0.416 e. The van der Waals surface area contributed by atoms with E-state index >= 15 is 4.39 Å². The highest BCUT2D eigenvalue weighted by Gasteiger charge is 2.46. The van der Waals surface area contributed by atoms with Crippen molar-refractivity contribution in [3.05, 3.63) is 41.4 Å². The number of nitrogens with one attached hydrogen (secondary N) is 2. The molecule has 6 rings (SSSR count). The fraction of sp³-hybridized carbons (Fsp3) is 0.517. The summed E-state index contributed by atoms with van der Waals surface area (Å²) >= 11 is 1.00. The van der Waals surface area contributed by atoms with Crippen molar-refractivity contribution in [3.63, 3.8) is 0 Å². The van der Waals surface area contributed by atoms with Crippen molar-refractivity contribution in [1.29, 1.82) is 0 Å². The van der Waals surface area contributed by atoms with Crippen LogP contribution >= 0.6 is 11.3 Å². The van der Waals surface area contributed by atoms with Gasteiger partial charge in [-0.15, -0.1) is 16.4 Å². The Morgan fingerprint density at radius 2 is 2.00 bits per heavy atom. The van der Waals surface area contributed by atoms with Crippen molar-refractivity contribution in [2.75, 3.05) is 19.5 Å². The molecule has 0 saturated carbocycles. The van der Waals surface area contributed by atoms with Crippen LogP contribution in [0.15, 0.2) is 28.9 Å². The van der Waals surface area contributed by atoms with E-state index in [9.17, 15) is 36.2 Å². The van der Waals surface area contributed by atoms with Crippen LogP contribution in [0.25, 0.3) is 20.8 Å². The Labute approximate surface area is 272 Å². The Bertz CT molecular complexity index is 1790. The first-order chi connectivity index (χ1) is 22.6. The summed E-state index contributed by atoms with van der Waals surface area (Å²) in [6, 6.07) is 4.34. The van der Waals surface area contributed by atoms with Gasteiger partial charge in [-0.05, 0) is 43.3 Å². The zero-order chi connectivity index (χ0) is 34.5. The number of piperidine rings is 1. The maximum Gasteiger partial charge on any atom is 0.416 e. The molecule has 0 unspecified atom stereocenters. The summed E-state index contributed by atoms with van der Waals surface area (Å²) < 4.78 is 106. The number of nitrogens with zero attached hydrogens (tertiary/aromatic N) is 5. The fourth-order valence-electron chi connectivity index (χ4n) is 6.33. The van der Waals surface area contributed by atoms with Crippen LogP contribution in [0.5, 0.6) is 5.88 Å². The lowest BCUT2D eigenvalue weighted by Crippen LogP contribution is -2.53. The number of thiophene rings is 1. The van der Waals surface area contributed by atoms with Gasteiger partial charge in [-0.3, -0.25) is 14.4 Å². The van der Waals surface area contributed by atoms with Crippen molar-refractivity contribution >= 4 is 33.0 Å². The van der Waals surface area contributed by atoms with Crippen molar-refractivity contribution in [3.8, 4) is 16.6 Å². The molecule has 2 aliphatic heterocycles. The van der Waals surface area contributed by atoms with Gasteiger partial charge in [-0.2, -0.15) is 31.3 Å². The molecule has 1 aromatic carbocycles. The van der Waals surface area contributed by atoms with Crippen molar-refractivity contribution in [2.45, 2.75) is 81.5 Å². The molecule has 2 aliphatic rings. The molecule has 3 aromatic heterocycles. The van der Waals surface area contributed by atoms with Crippen LogP contribution < -0.4 is 15.4 Å². The number of halogens is 7. The molecule has 0 spiro atoms. The number of aliphatic hydroxyl groups excluding tert-OH is 1. The molecule has 48 heavy (non-hydrogen) atoms. The molecule has 1 amide bonds. The molecular weight excluding hydrogens is 675 g/mol. The molecule has 19 heteroatoms. The predicted molar refractivity (Wildman–Crippen MR) is 158 cm³/mol. The Morgan fingerprint density at radius 1 is 1.23 bits per heavy atom. The van der Waals surface area contributed by atoms with E-state index in [-0.39, 0.29) is 45.7 Å². The maximum atomic E-state index is 15.4.